The first-order valence-electron chi connectivity index (χ1n) is 5.88. The number of esters is 1. The van der Waals surface area contributed by atoms with Crippen molar-refractivity contribution in [3.8, 4) is 0 Å². The van der Waals surface area contributed by atoms with E-state index in [1.54, 1.807) is 6.92 Å². The molecule has 0 aromatic rings. The van der Waals surface area contributed by atoms with Gasteiger partial charge >= 0.3 is 12.1 Å². The van der Waals surface area contributed by atoms with Gasteiger partial charge in [-0.05, 0) is 19.8 Å². The molecule has 0 bridgehead atoms. The van der Waals surface area contributed by atoms with Crippen molar-refractivity contribution in [3.05, 3.63) is 0 Å². The van der Waals surface area contributed by atoms with E-state index in [-0.39, 0.29) is 18.5 Å². The average molecular weight is 245 g/mol. The molecule has 6 nitrogen and oxygen atoms in total. The number of hydrogen-bond acceptors (Lipinski definition) is 4. The van der Waals surface area contributed by atoms with E-state index in [2.05, 4.69) is 0 Å². The largest absolute Gasteiger partial charge is 0.466 e. The third-order valence-corrected chi connectivity index (χ3v) is 2.68. The average Bonchev–Trinajstić information content (AvgIpc) is 2.30. The molecule has 0 spiro atoms. The quantitative estimate of drug-likeness (QED) is 0.734. The van der Waals surface area contributed by atoms with Crippen LogP contribution in [0.2, 0.25) is 0 Å². The lowest BCUT2D eigenvalue weighted by Crippen LogP contribution is -2.40. The smallest absolute Gasteiger partial charge is 0.407 e. The van der Waals surface area contributed by atoms with E-state index in [4.69, 9.17) is 14.6 Å². The Hall–Kier alpha value is -1.30. The van der Waals surface area contributed by atoms with Gasteiger partial charge in [0, 0.05) is 13.1 Å². The van der Waals surface area contributed by atoms with Crippen molar-refractivity contribution >= 4 is 12.1 Å². The molecule has 1 amide bonds. The van der Waals surface area contributed by atoms with Gasteiger partial charge in [-0.15, -0.1) is 0 Å². The van der Waals surface area contributed by atoms with Crippen molar-refractivity contribution in [3.63, 3.8) is 0 Å². The fourth-order valence-electron chi connectivity index (χ4n) is 1.76. The summed E-state index contributed by atoms with van der Waals surface area (Å²) in [6.07, 6.45) is 0.812. The Morgan fingerprint density at radius 2 is 2.00 bits per heavy atom. The standard InChI is InChI=1S/C11H19NO5/c1-2-16-10(13)5-8-17-9-3-6-12(7-4-9)11(14)15/h9H,2-8H2,1H3,(H,14,15). The number of carbonyl (C=O) groups excluding carboxylic acids is 1. The molecule has 1 rings (SSSR count). The van der Waals surface area contributed by atoms with Crippen molar-refractivity contribution in [1.29, 1.82) is 0 Å². The second-order valence-corrected chi connectivity index (χ2v) is 3.89. The van der Waals surface area contributed by atoms with Crippen molar-refractivity contribution < 1.29 is 24.2 Å². The molecule has 0 radical (unpaired) electrons. The summed E-state index contributed by atoms with van der Waals surface area (Å²) in [5.41, 5.74) is 0. The Bertz CT molecular complexity index is 261. The van der Waals surface area contributed by atoms with Gasteiger partial charge in [0.25, 0.3) is 0 Å². The molecule has 0 saturated carbocycles. The van der Waals surface area contributed by atoms with Crippen LogP contribution in [0, 0.1) is 0 Å². The molecule has 0 aromatic carbocycles. The maximum Gasteiger partial charge on any atom is 0.407 e. The van der Waals surface area contributed by atoms with Gasteiger partial charge in [0.15, 0.2) is 0 Å². The van der Waals surface area contributed by atoms with Gasteiger partial charge in [0.05, 0.1) is 25.7 Å². The third kappa shape index (κ3) is 5.04. The van der Waals surface area contributed by atoms with Crippen LogP contribution in [0.4, 0.5) is 4.79 Å². The van der Waals surface area contributed by atoms with E-state index in [9.17, 15) is 9.59 Å². The van der Waals surface area contributed by atoms with Crippen LogP contribution < -0.4 is 0 Å². The normalized spacial score (nSPS) is 16.9. The topological polar surface area (TPSA) is 76.1 Å². The minimum atomic E-state index is -0.880. The highest BCUT2D eigenvalue weighted by molar-refractivity contribution is 5.69. The van der Waals surface area contributed by atoms with Crippen LogP contribution in [-0.2, 0) is 14.3 Å². The first-order valence-corrected chi connectivity index (χ1v) is 5.88. The summed E-state index contributed by atoms with van der Waals surface area (Å²) >= 11 is 0. The van der Waals surface area contributed by atoms with Crippen LogP contribution >= 0.6 is 0 Å². The lowest BCUT2D eigenvalue weighted by molar-refractivity contribution is -0.144. The molecule has 0 aromatic heterocycles. The monoisotopic (exact) mass is 245 g/mol. The third-order valence-electron chi connectivity index (χ3n) is 2.68. The lowest BCUT2D eigenvalue weighted by atomic mass is 10.1. The first-order chi connectivity index (χ1) is 8.13. The van der Waals surface area contributed by atoms with Gasteiger partial charge in [0.1, 0.15) is 0 Å². The van der Waals surface area contributed by atoms with Crippen LogP contribution in [0.5, 0.6) is 0 Å². The number of carboxylic acid groups (broad SMARTS) is 1. The maximum absolute atomic E-state index is 11.0. The molecule has 1 fully saturated rings. The molecule has 6 heteroatoms. The van der Waals surface area contributed by atoms with Crippen molar-refractivity contribution in [2.75, 3.05) is 26.3 Å². The van der Waals surface area contributed by atoms with E-state index < -0.39 is 6.09 Å². The molecule has 0 unspecified atom stereocenters. The van der Waals surface area contributed by atoms with Crippen LogP contribution in [0.1, 0.15) is 26.2 Å². The van der Waals surface area contributed by atoms with Gasteiger partial charge in [-0.2, -0.15) is 0 Å². The summed E-state index contributed by atoms with van der Waals surface area (Å²) in [7, 11) is 0. The number of piperidine rings is 1. The Morgan fingerprint density at radius 1 is 1.35 bits per heavy atom. The van der Waals surface area contributed by atoms with E-state index in [0.29, 0.717) is 39.1 Å². The Morgan fingerprint density at radius 3 is 2.53 bits per heavy atom. The predicted octanol–water partition coefficient (Wildman–Crippen LogP) is 1.10. The maximum atomic E-state index is 11.0. The summed E-state index contributed by atoms with van der Waals surface area (Å²) in [6.45, 7) is 3.49. The number of likely N-dealkylation sites (tertiary alicyclic amines) is 1. The van der Waals surface area contributed by atoms with E-state index in [1.165, 1.54) is 4.90 Å². The Kier molecular flexibility index (Phi) is 5.76. The zero-order valence-corrected chi connectivity index (χ0v) is 10.1. The highest BCUT2D eigenvalue weighted by atomic mass is 16.5. The van der Waals surface area contributed by atoms with Crippen LogP contribution in [0.3, 0.4) is 0 Å². The zero-order chi connectivity index (χ0) is 12.7. The number of hydrogen-bond donors (Lipinski definition) is 1. The summed E-state index contributed by atoms with van der Waals surface area (Å²) in [5, 5.41) is 8.76. The fourth-order valence-corrected chi connectivity index (χ4v) is 1.76. The predicted molar refractivity (Wildman–Crippen MR) is 59.8 cm³/mol. The number of nitrogens with zero attached hydrogens (tertiary/aromatic N) is 1. The van der Waals surface area contributed by atoms with Gasteiger partial charge in [0.2, 0.25) is 0 Å². The molecule has 1 saturated heterocycles. The summed E-state index contributed by atoms with van der Waals surface area (Å²) in [5.74, 6) is -0.254. The lowest BCUT2D eigenvalue weighted by Gasteiger charge is -2.29. The Labute approximate surface area is 100 Å². The molecular weight excluding hydrogens is 226 g/mol. The summed E-state index contributed by atoms with van der Waals surface area (Å²) in [6, 6.07) is 0. The van der Waals surface area contributed by atoms with Gasteiger partial charge in [-0.3, -0.25) is 4.79 Å². The molecule has 1 N–H and O–H groups in total. The number of amides is 1. The minimum absolute atomic E-state index is 0.0556. The first kappa shape index (κ1) is 13.8. The van der Waals surface area contributed by atoms with Crippen molar-refractivity contribution in [2.24, 2.45) is 0 Å². The van der Waals surface area contributed by atoms with Crippen LogP contribution in [0.15, 0.2) is 0 Å². The molecule has 17 heavy (non-hydrogen) atoms. The highest BCUT2D eigenvalue weighted by Gasteiger charge is 2.22. The van der Waals surface area contributed by atoms with Gasteiger partial charge in [-0.1, -0.05) is 0 Å². The zero-order valence-electron chi connectivity index (χ0n) is 10.1. The second kappa shape index (κ2) is 7.11. The molecular formula is C11H19NO5. The Balaban J connectivity index is 2.10. The molecule has 98 valence electrons. The van der Waals surface area contributed by atoms with E-state index in [0.717, 1.165) is 0 Å². The van der Waals surface area contributed by atoms with Crippen LogP contribution in [-0.4, -0.2) is 54.5 Å². The molecule has 0 atom stereocenters. The molecule has 1 aliphatic heterocycles. The molecule has 0 aliphatic carbocycles. The summed E-state index contributed by atoms with van der Waals surface area (Å²) in [4.78, 5) is 23.1. The van der Waals surface area contributed by atoms with Gasteiger partial charge < -0.3 is 19.5 Å². The van der Waals surface area contributed by atoms with Crippen LogP contribution in [0.25, 0.3) is 0 Å². The highest BCUT2D eigenvalue weighted by Crippen LogP contribution is 2.13. The second-order valence-electron chi connectivity index (χ2n) is 3.89. The fraction of sp³-hybridized carbons (Fsp3) is 0.818. The van der Waals surface area contributed by atoms with Gasteiger partial charge in [-0.25, -0.2) is 4.79 Å². The molecule has 1 aliphatic rings. The number of ether oxygens (including phenoxy) is 2. The number of rotatable bonds is 5. The van der Waals surface area contributed by atoms with Crippen molar-refractivity contribution in [1.82, 2.24) is 4.90 Å². The SMILES string of the molecule is CCOC(=O)CCOC1CCN(C(=O)O)CC1. The van der Waals surface area contributed by atoms with E-state index >= 15 is 0 Å². The van der Waals surface area contributed by atoms with E-state index in [1.807, 2.05) is 0 Å². The molecule has 1 heterocycles. The minimum Gasteiger partial charge on any atom is -0.466 e. The number of carbonyl (C=O) groups is 2. The van der Waals surface area contributed by atoms with Crippen molar-refractivity contribution in [2.45, 2.75) is 32.3 Å². The summed E-state index contributed by atoms with van der Waals surface area (Å²) < 4.78 is 10.3.